The fourth-order valence-corrected chi connectivity index (χ4v) is 1.81. The standard InChI is InChI=1S/C12H14O5/c1-7-9(12(13)14)3-4-10-11(7)17-8(5-15-2)6-16-10/h3-4,8H,5-6H2,1-2H3,(H,13,14). The summed E-state index contributed by atoms with van der Waals surface area (Å²) in [4.78, 5) is 11.0. The van der Waals surface area contributed by atoms with E-state index in [0.29, 0.717) is 30.3 Å². The predicted molar refractivity (Wildman–Crippen MR) is 59.9 cm³/mol. The van der Waals surface area contributed by atoms with Gasteiger partial charge in [0.2, 0.25) is 0 Å². The number of aromatic carboxylic acids is 1. The van der Waals surface area contributed by atoms with Gasteiger partial charge >= 0.3 is 5.97 Å². The van der Waals surface area contributed by atoms with E-state index in [4.69, 9.17) is 19.3 Å². The topological polar surface area (TPSA) is 65.0 Å². The van der Waals surface area contributed by atoms with Crippen molar-refractivity contribution < 1.29 is 24.1 Å². The van der Waals surface area contributed by atoms with E-state index in [1.54, 1.807) is 20.1 Å². The van der Waals surface area contributed by atoms with Gasteiger partial charge in [-0.25, -0.2) is 4.79 Å². The van der Waals surface area contributed by atoms with Crippen molar-refractivity contribution in [2.24, 2.45) is 0 Å². The van der Waals surface area contributed by atoms with Crippen LogP contribution in [0, 0.1) is 6.92 Å². The van der Waals surface area contributed by atoms with Crippen LogP contribution in [0.3, 0.4) is 0 Å². The molecular formula is C12H14O5. The Labute approximate surface area is 98.9 Å². The van der Waals surface area contributed by atoms with Crippen LogP contribution in [-0.4, -0.2) is 37.5 Å². The van der Waals surface area contributed by atoms with E-state index in [9.17, 15) is 4.79 Å². The van der Waals surface area contributed by atoms with Crippen molar-refractivity contribution >= 4 is 5.97 Å². The molecule has 5 nitrogen and oxygen atoms in total. The molecule has 1 unspecified atom stereocenters. The van der Waals surface area contributed by atoms with Gasteiger partial charge in [0.15, 0.2) is 17.6 Å². The summed E-state index contributed by atoms with van der Waals surface area (Å²) in [7, 11) is 1.58. The van der Waals surface area contributed by atoms with Gasteiger partial charge in [0.1, 0.15) is 6.61 Å². The first kappa shape index (κ1) is 11.7. The second kappa shape index (κ2) is 4.63. The Balaban J connectivity index is 2.34. The van der Waals surface area contributed by atoms with Gasteiger partial charge in [0.05, 0.1) is 12.2 Å². The SMILES string of the molecule is COCC1COc2ccc(C(=O)O)c(C)c2O1. The monoisotopic (exact) mass is 238 g/mol. The van der Waals surface area contributed by atoms with Gasteiger partial charge in [-0.15, -0.1) is 0 Å². The largest absolute Gasteiger partial charge is 0.486 e. The van der Waals surface area contributed by atoms with Gasteiger partial charge in [-0.3, -0.25) is 0 Å². The van der Waals surface area contributed by atoms with E-state index in [0.717, 1.165) is 0 Å². The van der Waals surface area contributed by atoms with E-state index in [1.807, 2.05) is 0 Å². The average Bonchev–Trinajstić information content (AvgIpc) is 2.30. The average molecular weight is 238 g/mol. The highest BCUT2D eigenvalue weighted by Gasteiger charge is 2.25. The molecule has 0 radical (unpaired) electrons. The summed E-state index contributed by atoms with van der Waals surface area (Å²) < 4.78 is 16.2. The van der Waals surface area contributed by atoms with Crippen molar-refractivity contribution in [2.45, 2.75) is 13.0 Å². The highest BCUT2D eigenvalue weighted by Crippen LogP contribution is 2.36. The Morgan fingerprint density at radius 3 is 3.00 bits per heavy atom. The Kier molecular flexibility index (Phi) is 3.19. The second-order valence-corrected chi connectivity index (χ2v) is 3.88. The maximum absolute atomic E-state index is 11.0. The number of benzene rings is 1. The van der Waals surface area contributed by atoms with Crippen LogP contribution in [0.4, 0.5) is 0 Å². The van der Waals surface area contributed by atoms with Crippen molar-refractivity contribution in [1.29, 1.82) is 0 Å². The van der Waals surface area contributed by atoms with Crippen molar-refractivity contribution in [1.82, 2.24) is 0 Å². The fourth-order valence-electron chi connectivity index (χ4n) is 1.81. The highest BCUT2D eigenvalue weighted by molar-refractivity contribution is 5.90. The third kappa shape index (κ3) is 2.19. The number of ether oxygens (including phenoxy) is 3. The number of carboxylic acids is 1. The first-order chi connectivity index (χ1) is 8.13. The molecule has 0 spiro atoms. The van der Waals surface area contributed by atoms with Gasteiger partial charge in [-0.05, 0) is 19.1 Å². The van der Waals surface area contributed by atoms with Gasteiger partial charge in [-0.2, -0.15) is 0 Å². The number of hydrogen-bond acceptors (Lipinski definition) is 4. The highest BCUT2D eigenvalue weighted by atomic mass is 16.6. The lowest BCUT2D eigenvalue weighted by atomic mass is 10.1. The predicted octanol–water partition coefficient (Wildman–Crippen LogP) is 1.48. The molecule has 0 bridgehead atoms. The van der Waals surface area contributed by atoms with Gasteiger partial charge < -0.3 is 19.3 Å². The van der Waals surface area contributed by atoms with Gasteiger partial charge in [0, 0.05) is 12.7 Å². The van der Waals surface area contributed by atoms with Crippen molar-refractivity contribution in [3.05, 3.63) is 23.3 Å². The van der Waals surface area contributed by atoms with Crippen LogP contribution in [-0.2, 0) is 4.74 Å². The lowest BCUT2D eigenvalue weighted by Gasteiger charge is -2.27. The maximum Gasteiger partial charge on any atom is 0.336 e. The number of rotatable bonds is 3. The molecule has 1 aromatic rings. The molecule has 1 aliphatic rings. The molecule has 0 aromatic heterocycles. The Bertz CT molecular complexity index is 441. The molecule has 1 aromatic carbocycles. The molecule has 0 amide bonds. The van der Waals surface area contributed by atoms with Crippen molar-refractivity contribution in [2.75, 3.05) is 20.3 Å². The second-order valence-electron chi connectivity index (χ2n) is 3.88. The minimum atomic E-state index is -0.970. The first-order valence-corrected chi connectivity index (χ1v) is 5.28. The summed E-state index contributed by atoms with van der Waals surface area (Å²) in [5.74, 6) is 0.112. The molecule has 5 heteroatoms. The molecule has 17 heavy (non-hydrogen) atoms. The third-order valence-electron chi connectivity index (χ3n) is 2.66. The summed E-state index contributed by atoms with van der Waals surface area (Å²) in [5.41, 5.74) is 0.807. The Morgan fingerprint density at radius 1 is 1.59 bits per heavy atom. The minimum absolute atomic E-state index is 0.199. The van der Waals surface area contributed by atoms with Crippen LogP contribution in [0.15, 0.2) is 12.1 Å². The molecule has 92 valence electrons. The molecule has 0 fully saturated rings. The number of fused-ring (bicyclic) bond motifs is 1. The zero-order chi connectivity index (χ0) is 12.4. The zero-order valence-corrected chi connectivity index (χ0v) is 9.73. The summed E-state index contributed by atoms with van der Waals surface area (Å²) in [6, 6.07) is 3.14. The first-order valence-electron chi connectivity index (χ1n) is 5.28. The fraction of sp³-hybridized carbons (Fsp3) is 0.417. The molecule has 0 aliphatic carbocycles. The smallest absolute Gasteiger partial charge is 0.336 e. The molecule has 0 saturated heterocycles. The number of carbonyl (C=O) groups is 1. The van der Waals surface area contributed by atoms with Crippen LogP contribution in [0.5, 0.6) is 11.5 Å². The lowest BCUT2D eigenvalue weighted by Crippen LogP contribution is -2.33. The number of methoxy groups -OCH3 is 1. The molecule has 1 aliphatic heterocycles. The molecular weight excluding hydrogens is 224 g/mol. The summed E-state index contributed by atoms with van der Waals surface area (Å²) >= 11 is 0. The summed E-state index contributed by atoms with van der Waals surface area (Å²) in [6.45, 7) is 2.53. The van der Waals surface area contributed by atoms with E-state index in [-0.39, 0.29) is 11.7 Å². The minimum Gasteiger partial charge on any atom is -0.486 e. The van der Waals surface area contributed by atoms with Gasteiger partial charge in [0.25, 0.3) is 0 Å². The normalized spacial score (nSPS) is 17.9. The van der Waals surface area contributed by atoms with Crippen LogP contribution >= 0.6 is 0 Å². The molecule has 1 N–H and O–H groups in total. The zero-order valence-electron chi connectivity index (χ0n) is 9.73. The van der Waals surface area contributed by atoms with E-state index >= 15 is 0 Å². The third-order valence-corrected chi connectivity index (χ3v) is 2.66. The number of hydrogen-bond donors (Lipinski definition) is 1. The van der Waals surface area contributed by atoms with Crippen molar-refractivity contribution in [3.63, 3.8) is 0 Å². The van der Waals surface area contributed by atoms with Crippen LogP contribution in [0.2, 0.25) is 0 Å². The Morgan fingerprint density at radius 2 is 2.35 bits per heavy atom. The number of carboxylic acid groups (broad SMARTS) is 1. The van der Waals surface area contributed by atoms with E-state index in [2.05, 4.69) is 0 Å². The molecule has 2 rings (SSSR count). The maximum atomic E-state index is 11.0. The van der Waals surface area contributed by atoms with E-state index in [1.165, 1.54) is 6.07 Å². The van der Waals surface area contributed by atoms with Crippen LogP contribution in [0.1, 0.15) is 15.9 Å². The quantitative estimate of drug-likeness (QED) is 0.864. The molecule has 0 saturated carbocycles. The van der Waals surface area contributed by atoms with Gasteiger partial charge in [-0.1, -0.05) is 0 Å². The summed E-state index contributed by atoms with van der Waals surface area (Å²) in [6.07, 6.45) is -0.199. The van der Waals surface area contributed by atoms with E-state index < -0.39 is 5.97 Å². The van der Waals surface area contributed by atoms with Crippen LogP contribution in [0.25, 0.3) is 0 Å². The van der Waals surface area contributed by atoms with Crippen LogP contribution < -0.4 is 9.47 Å². The lowest BCUT2D eigenvalue weighted by molar-refractivity contribution is 0.0264. The molecule has 1 heterocycles. The molecule has 1 atom stereocenters. The van der Waals surface area contributed by atoms with Crippen molar-refractivity contribution in [3.8, 4) is 11.5 Å². The summed E-state index contributed by atoms with van der Waals surface area (Å²) in [5, 5.41) is 9.02. The Hall–Kier alpha value is -1.75.